The van der Waals surface area contributed by atoms with Crippen LogP contribution in [0.15, 0.2) is 95.9 Å². The summed E-state index contributed by atoms with van der Waals surface area (Å²) in [5, 5.41) is 2.36. The molecule has 0 bridgehead atoms. The number of ether oxygens (including phenoxy) is 4. The molecule has 254 valence electrons. The minimum Gasteiger partial charge on any atom is -0.497 e. The molecule has 5 aromatic carbocycles. The van der Waals surface area contributed by atoms with Gasteiger partial charge in [0.2, 0.25) is 0 Å². The predicted octanol–water partition coefficient (Wildman–Crippen LogP) is 11.8. The van der Waals surface area contributed by atoms with Gasteiger partial charge < -0.3 is 18.9 Å². The van der Waals surface area contributed by atoms with Crippen molar-refractivity contribution >= 4 is 28.6 Å². The molecule has 5 heteroatoms. The van der Waals surface area contributed by atoms with Crippen LogP contribution in [0.4, 0.5) is 0 Å². The molecule has 1 saturated carbocycles. The normalized spacial score (nSPS) is 20.9. The molecule has 0 radical (unpaired) electrons. The zero-order chi connectivity index (χ0) is 34.1. The zero-order valence-electron chi connectivity index (χ0n) is 29.4. The van der Waals surface area contributed by atoms with E-state index in [0.717, 1.165) is 58.8 Å². The third-order valence-electron chi connectivity index (χ3n) is 11.8. The van der Waals surface area contributed by atoms with Crippen LogP contribution in [-0.4, -0.2) is 19.2 Å². The SMILES string of the molecule is CCC1(C)Oc2cc3c4c(c5c(c3cc2S1)-c1ccccc1C51CCCCCCC1)C=CC(c1ccc(OC)cc1)(c1ccc(OC)cc1)O4. The number of methoxy groups -OCH3 is 2. The monoisotopic (exact) mass is 680 g/mol. The second-order valence-corrected chi connectivity index (χ2v) is 16.1. The molecule has 9 rings (SSSR count). The van der Waals surface area contributed by atoms with Crippen LogP contribution < -0.4 is 18.9 Å². The molecular weight excluding hydrogens is 637 g/mol. The predicted molar refractivity (Wildman–Crippen MR) is 204 cm³/mol. The molecular formula is C45H44O4S. The Labute approximate surface area is 299 Å². The van der Waals surface area contributed by atoms with Gasteiger partial charge in [0.05, 0.1) is 19.1 Å². The molecule has 0 saturated heterocycles. The lowest BCUT2D eigenvalue weighted by Crippen LogP contribution is -2.35. The molecule has 1 fully saturated rings. The number of fused-ring (bicyclic) bond motifs is 11. The summed E-state index contributed by atoms with van der Waals surface area (Å²) < 4.78 is 25.5. The van der Waals surface area contributed by atoms with E-state index in [1.54, 1.807) is 14.2 Å². The Bertz CT molecular complexity index is 2090. The molecule has 2 aliphatic heterocycles. The lowest BCUT2D eigenvalue weighted by molar-refractivity contribution is 0.162. The van der Waals surface area contributed by atoms with E-state index in [4.69, 9.17) is 18.9 Å². The van der Waals surface area contributed by atoms with Crippen molar-refractivity contribution in [3.05, 3.63) is 119 Å². The van der Waals surface area contributed by atoms with Crippen LogP contribution in [0.5, 0.6) is 23.0 Å². The summed E-state index contributed by atoms with van der Waals surface area (Å²) in [6, 6.07) is 30.6. The van der Waals surface area contributed by atoms with Crippen molar-refractivity contribution < 1.29 is 18.9 Å². The van der Waals surface area contributed by atoms with Crippen molar-refractivity contribution in [1.29, 1.82) is 0 Å². The summed E-state index contributed by atoms with van der Waals surface area (Å²) in [6.45, 7) is 4.41. The van der Waals surface area contributed by atoms with Crippen LogP contribution in [0, 0.1) is 0 Å². The van der Waals surface area contributed by atoms with Crippen LogP contribution in [0.3, 0.4) is 0 Å². The minimum absolute atomic E-state index is 0.0564. The van der Waals surface area contributed by atoms with Crippen LogP contribution in [0.25, 0.3) is 28.0 Å². The average Bonchev–Trinajstić information content (AvgIpc) is 3.64. The van der Waals surface area contributed by atoms with Gasteiger partial charge in [-0.3, -0.25) is 0 Å². The quantitative estimate of drug-likeness (QED) is 0.185. The average molecular weight is 681 g/mol. The molecule has 1 unspecified atom stereocenters. The Morgan fingerprint density at radius 2 is 1.38 bits per heavy atom. The molecule has 5 aromatic rings. The number of hydrogen-bond acceptors (Lipinski definition) is 5. The molecule has 4 nitrogen and oxygen atoms in total. The molecule has 0 N–H and O–H groups in total. The van der Waals surface area contributed by atoms with Crippen LogP contribution in [0.1, 0.15) is 93.0 Å². The standard InChI is InChI=1S/C45H44O4S/c1-5-43(2)48-38-27-36-35(28-39(38)50-43)40-33-13-9-10-14-37(33)44(24-11-7-6-8-12-25-44)41(40)34-23-26-45(49-42(34)36,29-15-19-31(46-3)20-16-29)30-17-21-32(47-4)22-18-30/h9-10,13-23,26-28H,5-8,11-12,24-25H2,1-4H3. The van der Waals surface area contributed by atoms with Crippen molar-refractivity contribution in [2.75, 3.05) is 14.2 Å². The highest BCUT2D eigenvalue weighted by Crippen LogP contribution is 2.63. The summed E-state index contributed by atoms with van der Waals surface area (Å²) in [5.74, 6) is 3.51. The molecule has 4 aliphatic rings. The van der Waals surface area contributed by atoms with Crippen LogP contribution in [0.2, 0.25) is 0 Å². The highest BCUT2D eigenvalue weighted by atomic mass is 32.2. The molecule has 0 amide bonds. The lowest BCUT2D eigenvalue weighted by atomic mass is 9.67. The van der Waals surface area contributed by atoms with Gasteiger partial charge in [-0.05, 0) is 96.3 Å². The van der Waals surface area contributed by atoms with E-state index in [0.29, 0.717) is 0 Å². The summed E-state index contributed by atoms with van der Waals surface area (Å²) >= 11 is 1.85. The Morgan fingerprint density at radius 1 is 0.740 bits per heavy atom. The highest BCUT2D eigenvalue weighted by Gasteiger charge is 2.48. The number of thioether (sulfide) groups is 1. The lowest BCUT2D eigenvalue weighted by Gasteiger charge is -2.40. The molecule has 2 heterocycles. The number of benzene rings is 5. The zero-order valence-corrected chi connectivity index (χ0v) is 30.3. The molecule has 0 aromatic heterocycles. The van der Waals surface area contributed by atoms with Gasteiger partial charge in [0.15, 0.2) is 10.5 Å². The smallest absolute Gasteiger partial charge is 0.178 e. The van der Waals surface area contributed by atoms with Gasteiger partial charge >= 0.3 is 0 Å². The summed E-state index contributed by atoms with van der Waals surface area (Å²) in [6.07, 6.45) is 14.3. The van der Waals surface area contributed by atoms with Crippen molar-refractivity contribution in [2.45, 2.75) is 86.1 Å². The Balaban J connectivity index is 1.36. The van der Waals surface area contributed by atoms with Crippen molar-refractivity contribution in [3.63, 3.8) is 0 Å². The highest BCUT2D eigenvalue weighted by molar-refractivity contribution is 8.00. The van der Waals surface area contributed by atoms with Gasteiger partial charge in [-0.25, -0.2) is 0 Å². The maximum absolute atomic E-state index is 7.67. The molecule has 50 heavy (non-hydrogen) atoms. The third-order valence-corrected chi connectivity index (χ3v) is 13.2. The van der Waals surface area contributed by atoms with Gasteiger partial charge in [0.1, 0.15) is 23.0 Å². The van der Waals surface area contributed by atoms with E-state index in [2.05, 4.69) is 86.7 Å². The largest absolute Gasteiger partial charge is 0.497 e. The van der Waals surface area contributed by atoms with E-state index in [1.807, 2.05) is 36.0 Å². The first kappa shape index (κ1) is 31.6. The fourth-order valence-electron chi connectivity index (χ4n) is 9.15. The Morgan fingerprint density at radius 3 is 2.02 bits per heavy atom. The Hall–Kier alpha value is -4.35. The van der Waals surface area contributed by atoms with Crippen molar-refractivity contribution in [3.8, 4) is 34.1 Å². The minimum atomic E-state index is -0.876. The van der Waals surface area contributed by atoms with E-state index >= 15 is 0 Å². The summed E-state index contributed by atoms with van der Waals surface area (Å²) in [7, 11) is 3.42. The van der Waals surface area contributed by atoms with Crippen molar-refractivity contribution in [1.82, 2.24) is 0 Å². The van der Waals surface area contributed by atoms with Gasteiger partial charge in [0, 0.05) is 27.5 Å². The number of hydrogen-bond donors (Lipinski definition) is 0. The fraction of sp³-hybridized carbons (Fsp3) is 0.333. The summed E-state index contributed by atoms with van der Waals surface area (Å²) in [4.78, 5) is 0.918. The van der Waals surface area contributed by atoms with E-state index < -0.39 is 5.60 Å². The van der Waals surface area contributed by atoms with E-state index in [1.165, 1.54) is 70.2 Å². The molecule has 1 atom stereocenters. The molecule has 1 spiro atoms. The third kappa shape index (κ3) is 4.65. The van der Waals surface area contributed by atoms with E-state index in [-0.39, 0.29) is 10.3 Å². The number of rotatable bonds is 5. The Kier molecular flexibility index (Phi) is 7.51. The second-order valence-electron chi connectivity index (χ2n) is 14.6. The fourth-order valence-corrected chi connectivity index (χ4v) is 10.3. The van der Waals surface area contributed by atoms with Crippen molar-refractivity contribution in [2.24, 2.45) is 0 Å². The second kappa shape index (κ2) is 11.9. The van der Waals surface area contributed by atoms with Gasteiger partial charge in [0.25, 0.3) is 0 Å². The first-order valence-corrected chi connectivity index (χ1v) is 19.1. The van der Waals surface area contributed by atoms with Gasteiger partial charge in [-0.15, -0.1) is 0 Å². The maximum Gasteiger partial charge on any atom is 0.178 e. The van der Waals surface area contributed by atoms with Gasteiger partial charge in [-0.2, -0.15) is 0 Å². The summed E-state index contributed by atoms with van der Waals surface area (Å²) in [5.41, 5.74) is 8.07. The van der Waals surface area contributed by atoms with Crippen LogP contribution in [-0.2, 0) is 11.0 Å². The first-order valence-electron chi connectivity index (χ1n) is 18.3. The molecule has 2 aliphatic carbocycles. The van der Waals surface area contributed by atoms with E-state index in [9.17, 15) is 0 Å². The van der Waals surface area contributed by atoms with Gasteiger partial charge in [-0.1, -0.05) is 105 Å². The first-order chi connectivity index (χ1) is 24.4. The van der Waals surface area contributed by atoms with Crippen LogP contribution >= 0.6 is 11.8 Å². The maximum atomic E-state index is 7.67. The topological polar surface area (TPSA) is 36.9 Å².